The molecule has 0 aliphatic rings. The third-order valence-electron chi connectivity index (χ3n) is 2.49. The fraction of sp³-hybridized carbons (Fsp3) is 0.250. The van der Waals surface area contributed by atoms with Gasteiger partial charge < -0.3 is 9.64 Å². The Kier molecular flexibility index (Phi) is 3.27. The summed E-state index contributed by atoms with van der Waals surface area (Å²) in [5.41, 5.74) is 0.945. The third-order valence-corrected chi connectivity index (χ3v) is 2.49. The standard InChI is InChI=1S/C12H13N3O3/c1-15(2)10(16)7-18-12(17)11-8-5-3-4-6-9(8)13-14-11/h3-6H,7H2,1-2H3,(H,13,14). The molecule has 0 fully saturated rings. The van der Waals surface area contributed by atoms with Gasteiger partial charge in [0, 0.05) is 19.5 Å². The summed E-state index contributed by atoms with van der Waals surface area (Å²) < 4.78 is 4.90. The summed E-state index contributed by atoms with van der Waals surface area (Å²) in [7, 11) is 3.19. The van der Waals surface area contributed by atoms with E-state index < -0.39 is 5.97 Å². The highest BCUT2D eigenvalue weighted by Crippen LogP contribution is 2.15. The van der Waals surface area contributed by atoms with Crippen molar-refractivity contribution in [3.8, 4) is 0 Å². The maximum Gasteiger partial charge on any atom is 0.359 e. The topological polar surface area (TPSA) is 75.3 Å². The Morgan fingerprint density at radius 1 is 1.33 bits per heavy atom. The Hall–Kier alpha value is -2.37. The summed E-state index contributed by atoms with van der Waals surface area (Å²) in [5.74, 6) is -0.883. The van der Waals surface area contributed by atoms with Crippen molar-refractivity contribution >= 4 is 22.8 Å². The van der Waals surface area contributed by atoms with Gasteiger partial charge in [0.05, 0.1) is 5.52 Å². The van der Waals surface area contributed by atoms with E-state index in [4.69, 9.17) is 4.74 Å². The van der Waals surface area contributed by atoms with Crippen molar-refractivity contribution < 1.29 is 14.3 Å². The predicted molar refractivity (Wildman–Crippen MR) is 65.1 cm³/mol. The largest absolute Gasteiger partial charge is 0.451 e. The second-order valence-corrected chi connectivity index (χ2v) is 3.98. The zero-order valence-corrected chi connectivity index (χ0v) is 10.1. The molecule has 18 heavy (non-hydrogen) atoms. The number of hydrogen-bond acceptors (Lipinski definition) is 4. The third kappa shape index (κ3) is 2.32. The average molecular weight is 247 g/mol. The molecule has 0 unspecified atom stereocenters. The molecule has 0 atom stereocenters. The zero-order valence-electron chi connectivity index (χ0n) is 10.1. The van der Waals surface area contributed by atoms with Crippen LogP contribution >= 0.6 is 0 Å². The van der Waals surface area contributed by atoms with Gasteiger partial charge in [-0.3, -0.25) is 9.89 Å². The van der Waals surface area contributed by atoms with Crippen molar-refractivity contribution in [3.63, 3.8) is 0 Å². The number of esters is 1. The Morgan fingerprint density at radius 3 is 2.78 bits per heavy atom. The van der Waals surface area contributed by atoms with Crippen molar-refractivity contribution in [2.45, 2.75) is 0 Å². The van der Waals surface area contributed by atoms with Crippen LogP contribution in [0.1, 0.15) is 10.5 Å². The number of H-pyrrole nitrogens is 1. The smallest absolute Gasteiger partial charge is 0.359 e. The molecule has 0 saturated carbocycles. The lowest BCUT2D eigenvalue weighted by molar-refractivity contribution is -0.131. The molecule has 0 aliphatic carbocycles. The van der Waals surface area contributed by atoms with E-state index in [0.29, 0.717) is 5.39 Å². The van der Waals surface area contributed by atoms with Crippen LogP contribution in [0.25, 0.3) is 10.9 Å². The molecule has 2 aromatic rings. The quantitative estimate of drug-likeness (QED) is 0.814. The second kappa shape index (κ2) is 4.87. The van der Waals surface area contributed by atoms with Gasteiger partial charge in [0.2, 0.25) is 0 Å². The van der Waals surface area contributed by atoms with Gasteiger partial charge in [-0.1, -0.05) is 18.2 Å². The molecule has 0 saturated heterocycles. The molecule has 2 rings (SSSR count). The Morgan fingerprint density at radius 2 is 2.06 bits per heavy atom. The average Bonchev–Trinajstić information content (AvgIpc) is 2.79. The SMILES string of the molecule is CN(C)C(=O)COC(=O)c1n[nH]c2ccccc12. The molecule has 1 amide bonds. The number of rotatable bonds is 3. The Balaban J connectivity index is 2.12. The number of hydrogen-bond donors (Lipinski definition) is 1. The van der Waals surface area contributed by atoms with Gasteiger partial charge in [-0.05, 0) is 6.07 Å². The van der Waals surface area contributed by atoms with Crippen molar-refractivity contribution in [3.05, 3.63) is 30.0 Å². The molecule has 1 aromatic heterocycles. The first kappa shape index (κ1) is 12.1. The van der Waals surface area contributed by atoms with E-state index in [0.717, 1.165) is 5.52 Å². The number of aromatic nitrogens is 2. The summed E-state index contributed by atoms with van der Waals surface area (Å²) >= 11 is 0. The monoisotopic (exact) mass is 247 g/mol. The minimum Gasteiger partial charge on any atom is -0.451 e. The number of amides is 1. The molecule has 0 radical (unpaired) electrons. The molecule has 1 N–H and O–H groups in total. The zero-order chi connectivity index (χ0) is 13.1. The molecule has 0 spiro atoms. The first-order chi connectivity index (χ1) is 8.59. The van der Waals surface area contributed by atoms with Crippen molar-refractivity contribution in [1.82, 2.24) is 15.1 Å². The molecule has 1 aromatic carbocycles. The van der Waals surface area contributed by atoms with Gasteiger partial charge >= 0.3 is 5.97 Å². The van der Waals surface area contributed by atoms with Crippen LogP contribution in [0.2, 0.25) is 0 Å². The number of ether oxygens (including phenoxy) is 1. The van der Waals surface area contributed by atoms with Crippen molar-refractivity contribution in [1.29, 1.82) is 0 Å². The fourth-order valence-electron chi connectivity index (χ4n) is 1.44. The van der Waals surface area contributed by atoms with E-state index in [1.165, 1.54) is 4.90 Å². The lowest BCUT2D eigenvalue weighted by atomic mass is 10.2. The maximum absolute atomic E-state index is 11.8. The highest BCUT2D eigenvalue weighted by Gasteiger charge is 2.16. The van der Waals surface area contributed by atoms with Crippen LogP contribution in [0.3, 0.4) is 0 Å². The van der Waals surface area contributed by atoms with E-state index in [2.05, 4.69) is 10.2 Å². The number of likely N-dealkylation sites (N-methyl/N-ethyl adjacent to an activating group) is 1. The number of carbonyl (C=O) groups excluding carboxylic acids is 2. The number of carbonyl (C=O) groups is 2. The van der Waals surface area contributed by atoms with Crippen LogP contribution in [-0.2, 0) is 9.53 Å². The van der Waals surface area contributed by atoms with Gasteiger partial charge in [0.25, 0.3) is 5.91 Å². The summed E-state index contributed by atoms with van der Waals surface area (Å²) in [5, 5.41) is 7.31. The van der Waals surface area contributed by atoms with Crippen LogP contribution in [-0.4, -0.2) is 47.7 Å². The maximum atomic E-state index is 11.8. The minimum absolute atomic E-state index is 0.192. The summed E-state index contributed by atoms with van der Waals surface area (Å²) in [6.45, 7) is -0.285. The number of para-hydroxylation sites is 1. The molecule has 94 valence electrons. The first-order valence-corrected chi connectivity index (χ1v) is 5.40. The molecular formula is C12H13N3O3. The van der Waals surface area contributed by atoms with E-state index >= 15 is 0 Å². The number of benzene rings is 1. The van der Waals surface area contributed by atoms with E-state index in [1.807, 2.05) is 12.1 Å². The Labute approximate surface area is 104 Å². The van der Waals surface area contributed by atoms with Crippen LogP contribution < -0.4 is 0 Å². The number of nitrogens with one attached hydrogen (secondary N) is 1. The fourth-order valence-corrected chi connectivity index (χ4v) is 1.44. The van der Waals surface area contributed by atoms with Crippen LogP contribution in [0, 0.1) is 0 Å². The van der Waals surface area contributed by atoms with Crippen molar-refractivity contribution in [2.75, 3.05) is 20.7 Å². The van der Waals surface area contributed by atoms with Gasteiger partial charge in [0.15, 0.2) is 12.3 Å². The van der Waals surface area contributed by atoms with Gasteiger partial charge in [0.1, 0.15) is 0 Å². The van der Waals surface area contributed by atoms with E-state index in [1.54, 1.807) is 26.2 Å². The first-order valence-electron chi connectivity index (χ1n) is 5.40. The van der Waals surface area contributed by atoms with Gasteiger partial charge in [-0.15, -0.1) is 0 Å². The predicted octanol–water partition coefficient (Wildman–Crippen LogP) is 0.808. The lowest BCUT2D eigenvalue weighted by Gasteiger charge is -2.09. The molecule has 1 heterocycles. The minimum atomic E-state index is -0.609. The highest BCUT2D eigenvalue weighted by atomic mass is 16.5. The second-order valence-electron chi connectivity index (χ2n) is 3.98. The highest BCUT2D eigenvalue weighted by molar-refractivity contribution is 6.02. The summed E-state index contributed by atoms with van der Waals surface area (Å²) in [6, 6.07) is 7.22. The van der Waals surface area contributed by atoms with Gasteiger partial charge in [-0.2, -0.15) is 5.10 Å². The Bertz CT molecular complexity index is 589. The number of fused-ring (bicyclic) bond motifs is 1. The number of nitrogens with zero attached hydrogens (tertiary/aromatic N) is 2. The molecule has 6 nitrogen and oxygen atoms in total. The van der Waals surface area contributed by atoms with Crippen LogP contribution in [0.15, 0.2) is 24.3 Å². The van der Waals surface area contributed by atoms with Crippen LogP contribution in [0.5, 0.6) is 0 Å². The van der Waals surface area contributed by atoms with Crippen LogP contribution in [0.4, 0.5) is 0 Å². The normalized spacial score (nSPS) is 10.3. The lowest BCUT2D eigenvalue weighted by Crippen LogP contribution is -2.27. The summed E-state index contributed by atoms with van der Waals surface area (Å²) in [6.07, 6.45) is 0. The molecule has 0 aliphatic heterocycles. The number of aromatic amines is 1. The molecule has 6 heteroatoms. The van der Waals surface area contributed by atoms with E-state index in [-0.39, 0.29) is 18.2 Å². The summed E-state index contributed by atoms with van der Waals surface area (Å²) in [4.78, 5) is 24.4. The van der Waals surface area contributed by atoms with Crippen molar-refractivity contribution in [2.24, 2.45) is 0 Å². The van der Waals surface area contributed by atoms with E-state index in [9.17, 15) is 9.59 Å². The molecule has 0 bridgehead atoms. The molecular weight excluding hydrogens is 234 g/mol. The van der Waals surface area contributed by atoms with Gasteiger partial charge in [-0.25, -0.2) is 4.79 Å².